The molecule has 1 aliphatic heterocycles. The predicted molar refractivity (Wildman–Crippen MR) is 78.7 cm³/mol. The van der Waals surface area contributed by atoms with Gasteiger partial charge in [-0.25, -0.2) is 4.79 Å². The molecule has 1 amide bonds. The second kappa shape index (κ2) is 6.80. The Bertz CT molecular complexity index is 546. The molecule has 0 aromatic heterocycles. The number of nitrogens with one attached hydrogen (secondary N) is 1. The lowest BCUT2D eigenvalue weighted by Gasteiger charge is -2.17. The van der Waals surface area contributed by atoms with Crippen LogP contribution in [0.1, 0.15) is 31.7 Å². The summed E-state index contributed by atoms with van der Waals surface area (Å²) in [5.41, 5.74) is 0.864. The Balaban J connectivity index is 1.97. The van der Waals surface area contributed by atoms with Crippen molar-refractivity contribution in [1.29, 1.82) is 0 Å². The van der Waals surface area contributed by atoms with E-state index < -0.39 is 24.0 Å². The third-order valence-electron chi connectivity index (χ3n) is 3.45. The first-order valence-electron chi connectivity index (χ1n) is 6.99. The zero-order chi connectivity index (χ0) is 15.4. The summed E-state index contributed by atoms with van der Waals surface area (Å²) in [7, 11) is 0. The molecule has 5 nitrogen and oxygen atoms in total. The molecule has 0 saturated carbocycles. The first-order chi connectivity index (χ1) is 10.0. The zero-order valence-electron chi connectivity index (χ0n) is 11.8. The van der Waals surface area contributed by atoms with Crippen LogP contribution in [0.5, 0.6) is 5.75 Å². The number of benzene rings is 1. The van der Waals surface area contributed by atoms with E-state index in [9.17, 15) is 9.59 Å². The van der Waals surface area contributed by atoms with Crippen molar-refractivity contribution in [2.45, 2.75) is 44.8 Å². The first kappa shape index (κ1) is 15.6. The largest absolute Gasteiger partial charge is 0.480 e. The standard InChI is InChI=1S/C15H18ClNO4/c1-2-3-4-11(15(19)20)17-14(18)13-8-9-7-10(16)5-6-12(9)21-13/h5-7,11,13H,2-4,8H2,1H3,(H,17,18)(H,19,20). The van der Waals surface area contributed by atoms with Crippen molar-refractivity contribution in [2.24, 2.45) is 0 Å². The molecule has 0 fully saturated rings. The number of ether oxygens (including phenoxy) is 1. The number of amides is 1. The molecular weight excluding hydrogens is 294 g/mol. The highest BCUT2D eigenvalue weighted by Crippen LogP contribution is 2.31. The van der Waals surface area contributed by atoms with Gasteiger partial charge in [-0.3, -0.25) is 4.79 Å². The fourth-order valence-corrected chi connectivity index (χ4v) is 2.49. The second-order valence-electron chi connectivity index (χ2n) is 5.10. The van der Waals surface area contributed by atoms with E-state index in [2.05, 4.69) is 5.32 Å². The van der Waals surface area contributed by atoms with Gasteiger partial charge in [0, 0.05) is 11.4 Å². The van der Waals surface area contributed by atoms with Crippen LogP contribution in [0.25, 0.3) is 0 Å². The van der Waals surface area contributed by atoms with Crippen molar-refractivity contribution in [3.8, 4) is 5.75 Å². The van der Waals surface area contributed by atoms with Crippen LogP contribution in [-0.2, 0) is 16.0 Å². The Morgan fingerprint density at radius 1 is 1.52 bits per heavy atom. The fraction of sp³-hybridized carbons (Fsp3) is 0.467. The van der Waals surface area contributed by atoms with Gasteiger partial charge in [0.15, 0.2) is 6.10 Å². The summed E-state index contributed by atoms with van der Waals surface area (Å²) in [5.74, 6) is -0.791. The molecule has 2 atom stereocenters. The van der Waals surface area contributed by atoms with Crippen LogP contribution in [0.3, 0.4) is 0 Å². The van der Waals surface area contributed by atoms with Crippen molar-refractivity contribution in [1.82, 2.24) is 5.32 Å². The van der Waals surface area contributed by atoms with Crippen molar-refractivity contribution in [3.05, 3.63) is 28.8 Å². The normalized spacial score (nSPS) is 17.7. The summed E-state index contributed by atoms with van der Waals surface area (Å²) in [6.45, 7) is 1.97. The molecule has 2 N–H and O–H groups in total. The van der Waals surface area contributed by atoms with Gasteiger partial charge in [-0.1, -0.05) is 31.4 Å². The Hall–Kier alpha value is -1.75. The van der Waals surface area contributed by atoms with Crippen molar-refractivity contribution in [3.63, 3.8) is 0 Å². The third-order valence-corrected chi connectivity index (χ3v) is 3.69. The SMILES string of the molecule is CCCCC(NC(=O)C1Cc2cc(Cl)ccc2O1)C(=O)O. The molecule has 1 aromatic carbocycles. The molecule has 21 heavy (non-hydrogen) atoms. The maximum atomic E-state index is 12.1. The van der Waals surface area contributed by atoms with Gasteiger partial charge in [-0.15, -0.1) is 0 Å². The molecule has 0 saturated heterocycles. The van der Waals surface area contributed by atoms with Crippen LogP contribution in [0, 0.1) is 0 Å². The van der Waals surface area contributed by atoms with E-state index in [1.54, 1.807) is 18.2 Å². The predicted octanol–water partition coefficient (Wildman–Crippen LogP) is 2.40. The Labute approximate surface area is 128 Å². The van der Waals surface area contributed by atoms with Crippen molar-refractivity contribution >= 4 is 23.5 Å². The molecule has 114 valence electrons. The lowest BCUT2D eigenvalue weighted by molar-refractivity contribution is -0.143. The number of fused-ring (bicyclic) bond motifs is 1. The molecule has 1 heterocycles. The number of carboxylic acids is 1. The minimum absolute atomic E-state index is 0.397. The van der Waals surface area contributed by atoms with Gasteiger partial charge in [0.1, 0.15) is 11.8 Å². The topological polar surface area (TPSA) is 75.6 Å². The van der Waals surface area contributed by atoms with Gasteiger partial charge in [0.2, 0.25) is 0 Å². The highest BCUT2D eigenvalue weighted by Gasteiger charge is 2.31. The number of aliphatic carboxylic acids is 1. The molecule has 2 unspecified atom stereocenters. The lowest BCUT2D eigenvalue weighted by atomic mass is 10.1. The minimum atomic E-state index is -1.02. The Kier molecular flexibility index (Phi) is 5.07. The summed E-state index contributed by atoms with van der Waals surface area (Å²) < 4.78 is 5.55. The molecule has 1 aromatic rings. The van der Waals surface area contributed by atoms with E-state index >= 15 is 0 Å². The monoisotopic (exact) mass is 311 g/mol. The molecule has 1 aliphatic rings. The number of carbonyl (C=O) groups excluding carboxylic acids is 1. The quantitative estimate of drug-likeness (QED) is 0.846. The van der Waals surface area contributed by atoms with Crippen LogP contribution in [0.4, 0.5) is 0 Å². The first-order valence-corrected chi connectivity index (χ1v) is 7.37. The second-order valence-corrected chi connectivity index (χ2v) is 5.54. The average Bonchev–Trinajstić information content (AvgIpc) is 2.85. The number of carboxylic acid groups (broad SMARTS) is 1. The van der Waals surface area contributed by atoms with Crippen LogP contribution in [0.15, 0.2) is 18.2 Å². The summed E-state index contributed by atoms with van der Waals surface area (Å²) >= 11 is 5.90. The fourth-order valence-electron chi connectivity index (χ4n) is 2.29. The van der Waals surface area contributed by atoms with E-state index in [4.69, 9.17) is 21.4 Å². The van der Waals surface area contributed by atoms with Gasteiger partial charge < -0.3 is 15.2 Å². The average molecular weight is 312 g/mol. The summed E-state index contributed by atoms with van der Waals surface area (Å²) in [4.78, 5) is 23.3. The van der Waals surface area contributed by atoms with Crippen LogP contribution < -0.4 is 10.1 Å². The van der Waals surface area contributed by atoms with E-state index in [0.717, 1.165) is 18.4 Å². The number of unbranched alkanes of at least 4 members (excludes halogenated alkanes) is 1. The van der Waals surface area contributed by atoms with Crippen LogP contribution in [0.2, 0.25) is 5.02 Å². The van der Waals surface area contributed by atoms with Gasteiger partial charge in [-0.05, 0) is 30.2 Å². The minimum Gasteiger partial charge on any atom is -0.480 e. The van der Waals surface area contributed by atoms with E-state index in [0.29, 0.717) is 23.6 Å². The van der Waals surface area contributed by atoms with E-state index in [-0.39, 0.29) is 0 Å². The third kappa shape index (κ3) is 3.88. The van der Waals surface area contributed by atoms with Crippen molar-refractivity contribution < 1.29 is 19.4 Å². The van der Waals surface area contributed by atoms with Crippen LogP contribution in [-0.4, -0.2) is 29.1 Å². The van der Waals surface area contributed by atoms with Crippen molar-refractivity contribution in [2.75, 3.05) is 0 Å². The molecular formula is C15H18ClNO4. The number of halogens is 1. The molecule has 0 spiro atoms. The van der Waals surface area contributed by atoms with Gasteiger partial charge >= 0.3 is 5.97 Å². The molecule has 2 rings (SSSR count). The lowest BCUT2D eigenvalue weighted by Crippen LogP contribution is -2.46. The Morgan fingerprint density at radius 2 is 2.29 bits per heavy atom. The molecule has 0 aliphatic carbocycles. The number of carbonyl (C=O) groups is 2. The van der Waals surface area contributed by atoms with E-state index in [1.165, 1.54) is 0 Å². The van der Waals surface area contributed by atoms with Gasteiger partial charge in [0.25, 0.3) is 5.91 Å². The smallest absolute Gasteiger partial charge is 0.326 e. The van der Waals surface area contributed by atoms with Gasteiger partial charge in [0.05, 0.1) is 0 Å². The molecule has 0 bridgehead atoms. The molecule has 0 radical (unpaired) electrons. The number of rotatable bonds is 6. The summed E-state index contributed by atoms with van der Waals surface area (Å²) in [6, 6.07) is 4.31. The number of hydrogen-bond donors (Lipinski definition) is 2. The summed E-state index contributed by atoms with van der Waals surface area (Å²) in [5, 5.41) is 12.3. The zero-order valence-corrected chi connectivity index (χ0v) is 12.5. The van der Waals surface area contributed by atoms with Crippen LogP contribution >= 0.6 is 11.6 Å². The van der Waals surface area contributed by atoms with Gasteiger partial charge in [-0.2, -0.15) is 0 Å². The molecule has 6 heteroatoms. The highest BCUT2D eigenvalue weighted by molar-refractivity contribution is 6.30. The maximum absolute atomic E-state index is 12.1. The Morgan fingerprint density at radius 3 is 2.95 bits per heavy atom. The number of hydrogen-bond acceptors (Lipinski definition) is 3. The highest BCUT2D eigenvalue weighted by atomic mass is 35.5. The summed E-state index contributed by atoms with van der Waals surface area (Å²) in [6.07, 6.45) is 1.76. The maximum Gasteiger partial charge on any atom is 0.326 e. The van der Waals surface area contributed by atoms with E-state index in [1.807, 2.05) is 6.92 Å².